The van der Waals surface area contributed by atoms with Crippen molar-refractivity contribution in [1.82, 2.24) is 0 Å². The number of halogens is 3. The minimum Gasteiger partial charge on any atom is -0.479 e. The van der Waals surface area contributed by atoms with Crippen LogP contribution in [0.4, 0.5) is 8.78 Å². The summed E-state index contributed by atoms with van der Waals surface area (Å²) in [5, 5.41) is 17.9. The first-order valence-electron chi connectivity index (χ1n) is 5.30. The Hall–Kier alpha value is -1.53. The Bertz CT molecular complexity index is 491. The summed E-state index contributed by atoms with van der Waals surface area (Å²) in [6.07, 6.45) is -4.95. The Balaban J connectivity index is 3.22. The van der Waals surface area contributed by atoms with Gasteiger partial charge in [-0.3, -0.25) is 4.79 Å². The molecule has 0 aliphatic carbocycles. The van der Waals surface area contributed by atoms with Crippen molar-refractivity contribution in [2.45, 2.75) is 19.0 Å². The smallest absolute Gasteiger partial charge is 0.337 e. The zero-order chi connectivity index (χ0) is 14.6. The lowest BCUT2D eigenvalue weighted by atomic mass is 9.97. The first-order valence-corrected chi connectivity index (χ1v) is 5.84. The molecule has 1 aromatic carbocycles. The number of hydrogen-bond donors (Lipinski definition) is 2. The number of carbonyl (C=O) groups excluding carboxylic acids is 1. The van der Waals surface area contributed by atoms with Gasteiger partial charge in [0.2, 0.25) is 0 Å². The number of carbonyl (C=O) groups is 2. The summed E-state index contributed by atoms with van der Waals surface area (Å²) in [6, 6.07) is 3.04. The summed E-state index contributed by atoms with van der Waals surface area (Å²) >= 11 is 5.38. The first-order chi connectivity index (χ1) is 8.88. The number of carboxylic acid groups (broad SMARTS) is 1. The van der Waals surface area contributed by atoms with E-state index < -0.39 is 29.8 Å². The van der Waals surface area contributed by atoms with Gasteiger partial charge in [0.25, 0.3) is 6.43 Å². The summed E-state index contributed by atoms with van der Waals surface area (Å²) in [5.74, 6) is -2.11. The third kappa shape index (κ3) is 3.71. The first kappa shape index (κ1) is 15.5. The highest BCUT2D eigenvalue weighted by molar-refractivity contribution is 6.19. The van der Waals surface area contributed by atoms with E-state index in [1.165, 1.54) is 0 Å². The molecule has 0 bridgehead atoms. The fraction of sp³-hybridized carbons (Fsp3) is 0.333. The van der Waals surface area contributed by atoms with Crippen LogP contribution in [0.1, 0.15) is 40.4 Å². The molecule has 1 aromatic rings. The van der Waals surface area contributed by atoms with E-state index in [0.717, 1.165) is 18.2 Å². The van der Waals surface area contributed by atoms with Crippen molar-refractivity contribution >= 4 is 23.4 Å². The molecule has 0 fully saturated rings. The summed E-state index contributed by atoms with van der Waals surface area (Å²) in [7, 11) is 0. The van der Waals surface area contributed by atoms with E-state index in [2.05, 4.69) is 0 Å². The van der Waals surface area contributed by atoms with E-state index in [0.29, 0.717) is 0 Å². The normalized spacial score (nSPS) is 12.5. The topological polar surface area (TPSA) is 74.6 Å². The SMILES string of the molecule is O=C(CCCl)c1ccc(C(O)C(=O)O)cc1C(F)F. The van der Waals surface area contributed by atoms with E-state index in [9.17, 15) is 23.5 Å². The molecule has 1 atom stereocenters. The van der Waals surface area contributed by atoms with Crippen molar-refractivity contribution in [3.63, 3.8) is 0 Å². The van der Waals surface area contributed by atoms with Crippen LogP contribution in [0, 0.1) is 0 Å². The second-order valence-corrected chi connectivity index (χ2v) is 4.13. The molecule has 0 saturated heterocycles. The molecule has 104 valence electrons. The molecule has 7 heteroatoms. The standard InChI is InChI=1S/C12H11ClF2O4/c13-4-3-9(16)7-2-1-6(10(17)12(18)19)5-8(7)11(14)15/h1-2,5,10-11,17H,3-4H2,(H,18,19). The summed E-state index contributed by atoms with van der Waals surface area (Å²) < 4.78 is 25.7. The number of carboxylic acids is 1. The molecule has 0 aliphatic heterocycles. The van der Waals surface area contributed by atoms with Gasteiger partial charge in [0.15, 0.2) is 11.9 Å². The second-order valence-electron chi connectivity index (χ2n) is 3.75. The van der Waals surface area contributed by atoms with E-state index in [-0.39, 0.29) is 23.4 Å². The van der Waals surface area contributed by atoms with Crippen LogP contribution in [0.5, 0.6) is 0 Å². The molecule has 1 unspecified atom stereocenters. The lowest BCUT2D eigenvalue weighted by Crippen LogP contribution is -2.12. The Labute approximate surface area is 112 Å². The van der Waals surface area contributed by atoms with Crippen LogP contribution < -0.4 is 0 Å². The molecule has 0 saturated carbocycles. The third-order valence-electron chi connectivity index (χ3n) is 2.48. The van der Waals surface area contributed by atoms with Crippen molar-refractivity contribution < 1.29 is 28.6 Å². The number of alkyl halides is 3. The minimum absolute atomic E-state index is 0.00101. The maximum absolute atomic E-state index is 12.9. The average Bonchev–Trinajstić information content (AvgIpc) is 2.37. The molecule has 0 aliphatic rings. The van der Waals surface area contributed by atoms with Crippen LogP contribution in [0.25, 0.3) is 0 Å². The number of benzene rings is 1. The predicted molar refractivity (Wildman–Crippen MR) is 63.7 cm³/mol. The molecule has 0 radical (unpaired) electrons. The molecule has 0 aromatic heterocycles. The van der Waals surface area contributed by atoms with Crippen LogP contribution in [0.3, 0.4) is 0 Å². The van der Waals surface area contributed by atoms with Gasteiger partial charge in [-0.2, -0.15) is 0 Å². The van der Waals surface area contributed by atoms with Crippen molar-refractivity contribution in [1.29, 1.82) is 0 Å². The number of rotatable bonds is 6. The fourth-order valence-corrected chi connectivity index (χ4v) is 1.72. The van der Waals surface area contributed by atoms with E-state index in [1.54, 1.807) is 0 Å². The molecule has 0 heterocycles. The summed E-state index contributed by atoms with van der Waals surface area (Å²) in [4.78, 5) is 22.2. The Morgan fingerprint density at radius 2 is 1.95 bits per heavy atom. The quantitative estimate of drug-likeness (QED) is 0.624. The summed E-state index contributed by atoms with van der Waals surface area (Å²) in [6.45, 7) is 0. The number of aliphatic hydroxyl groups excluding tert-OH is 1. The van der Waals surface area contributed by atoms with Gasteiger partial charge in [0.1, 0.15) is 0 Å². The number of Topliss-reactive ketones (excluding diaryl/α,β-unsaturated/α-hetero) is 1. The highest BCUT2D eigenvalue weighted by Gasteiger charge is 2.22. The largest absolute Gasteiger partial charge is 0.479 e. The van der Waals surface area contributed by atoms with Crippen LogP contribution in [-0.2, 0) is 4.79 Å². The Kier molecular flexibility index (Phi) is 5.38. The van der Waals surface area contributed by atoms with Gasteiger partial charge in [-0.15, -0.1) is 11.6 Å². The number of aliphatic carboxylic acids is 1. The molecule has 4 nitrogen and oxygen atoms in total. The number of aliphatic hydroxyl groups is 1. The van der Waals surface area contributed by atoms with Gasteiger partial charge in [-0.05, 0) is 11.6 Å². The lowest BCUT2D eigenvalue weighted by Gasteiger charge is -2.12. The van der Waals surface area contributed by atoms with Crippen molar-refractivity contribution in [3.8, 4) is 0 Å². The van der Waals surface area contributed by atoms with E-state index >= 15 is 0 Å². The van der Waals surface area contributed by atoms with Crippen molar-refractivity contribution in [3.05, 3.63) is 34.9 Å². The number of ketones is 1. The van der Waals surface area contributed by atoms with Crippen LogP contribution >= 0.6 is 11.6 Å². The van der Waals surface area contributed by atoms with Crippen molar-refractivity contribution in [2.24, 2.45) is 0 Å². The predicted octanol–water partition coefficient (Wildman–Crippen LogP) is 2.55. The summed E-state index contributed by atoms with van der Waals surface area (Å²) in [5.41, 5.74) is -1.02. The van der Waals surface area contributed by atoms with E-state index in [1.807, 2.05) is 0 Å². The van der Waals surface area contributed by atoms with Crippen LogP contribution in [0.15, 0.2) is 18.2 Å². The van der Waals surface area contributed by atoms with Gasteiger partial charge in [0.05, 0.1) is 0 Å². The molecule has 2 N–H and O–H groups in total. The molecular formula is C12H11ClF2O4. The van der Waals surface area contributed by atoms with Gasteiger partial charge in [0, 0.05) is 23.4 Å². The van der Waals surface area contributed by atoms with Crippen LogP contribution in [0.2, 0.25) is 0 Å². The zero-order valence-corrected chi connectivity index (χ0v) is 10.4. The lowest BCUT2D eigenvalue weighted by molar-refractivity contribution is -0.146. The average molecular weight is 293 g/mol. The molecule has 19 heavy (non-hydrogen) atoms. The molecule has 1 rings (SSSR count). The minimum atomic E-state index is -2.95. The highest BCUT2D eigenvalue weighted by Crippen LogP contribution is 2.27. The fourth-order valence-electron chi connectivity index (χ4n) is 1.55. The highest BCUT2D eigenvalue weighted by atomic mass is 35.5. The number of hydrogen-bond acceptors (Lipinski definition) is 3. The Morgan fingerprint density at radius 1 is 1.32 bits per heavy atom. The van der Waals surface area contributed by atoms with Gasteiger partial charge in [-0.1, -0.05) is 12.1 Å². The maximum Gasteiger partial charge on any atom is 0.337 e. The van der Waals surface area contributed by atoms with Gasteiger partial charge in [-0.25, -0.2) is 13.6 Å². The monoisotopic (exact) mass is 292 g/mol. The van der Waals surface area contributed by atoms with Gasteiger partial charge < -0.3 is 10.2 Å². The maximum atomic E-state index is 12.9. The Morgan fingerprint density at radius 3 is 2.42 bits per heavy atom. The molecule has 0 spiro atoms. The van der Waals surface area contributed by atoms with Crippen molar-refractivity contribution in [2.75, 3.05) is 5.88 Å². The van der Waals surface area contributed by atoms with Crippen LogP contribution in [-0.4, -0.2) is 27.8 Å². The second kappa shape index (κ2) is 6.58. The van der Waals surface area contributed by atoms with E-state index in [4.69, 9.17) is 16.7 Å². The zero-order valence-electron chi connectivity index (χ0n) is 9.65. The third-order valence-corrected chi connectivity index (χ3v) is 2.67. The molecular weight excluding hydrogens is 282 g/mol. The molecule has 0 amide bonds. The van der Waals surface area contributed by atoms with Gasteiger partial charge >= 0.3 is 5.97 Å².